The van der Waals surface area contributed by atoms with Crippen LogP contribution in [0.15, 0.2) is 224 Å². The van der Waals surface area contributed by atoms with Gasteiger partial charge < -0.3 is 0 Å². The van der Waals surface area contributed by atoms with E-state index in [0.29, 0.717) is 5.82 Å². The number of rotatable bonds is 7. The largest absolute Gasteiger partial charge is 0.228 e. The molecule has 0 amide bonds. The van der Waals surface area contributed by atoms with Crippen molar-refractivity contribution < 1.29 is 0 Å². The first-order chi connectivity index (χ1) is 31.1. The van der Waals surface area contributed by atoms with E-state index in [4.69, 9.17) is 9.97 Å². The molecule has 0 saturated carbocycles. The Hall–Kier alpha value is -7.72. The van der Waals surface area contributed by atoms with Gasteiger partial charge in [0.05, 0.1) is 11.4 Å². The molecule has 1 aliphatic carbocycles. The third kappa shape index (κ3) is 6.31. The zero-order chi connectivity index (χ0) is 41.9. The fourth-order valence-electron chi connectivity index (χ4n) is 9.77. The normalized spacial score (nSPS) is 14.2. The van der Waals surface area contributed by atoms with Crippen molar-refractivity contribution in [2.24, 2.45) is 0 Å². The van der Waals surface area contributed by atoms with Crippen LogP contribution in [0.5, 0.6) is 0 Å². The van der Waals surface area contributed by atoms with Crippen molar-refractivity contribution in [1.29, 1.82) is 0 Å². The Kier molecular flexibility index (Phi) is 8.84. The van der Waals surface area contributed by atoms with Crippen molar-refractivity contribution in [1.82, 2.24) is 9.97 Å². The zero-order valence-corrected chi connectivity index (χ0v) is 35.5. The van der Waals surface area contributed by atoms with E-state index >= 15 is 0 Å². The number of thiophene rings is 1. The van der Waals surface area contributed by atoms with E-state index in [9.17, 15) is 0 Å². The van der Waals surface area contributed by atoms with Crippen LogP contribution in [0.1, 0.15) is 23.6 Å². The smallest absolute Gasteiger partial charge is 0.160 e. The van der Waals surface area contributed by atoms with Gasteiger partial charge in [-0.2, -0.15) is 0 Å². The molecule has 11 aromatic rings. The van der Waals surface area contributed by atoms with E-state index in [1.54, 1.807) is 0 Å². The molecule has 12 rings (SSSR count). The molecule has 1 atom stereocenters. The van der Waals surface area contributed by atoms with Crippen molar-refractivity contribution in [3.05, 3.63) is 241 Å². The van der Waals surface area contributed by atoms with Gasteiger partial charge in [0, 0.05) is 42.3 Å². The molecule has 0 N–H and O–H groups in total. The second kappa shape index (κ2) is 15.0. The molecule has 0 aliphatic heterocycles. The summed E-state index contributed by atoms with van der Waals surface area (Å²) in [5.41, 5.74) is 18.1. The monoisotopic (exact) mass is 820 g/mol. The highest BCUT2D eigenvalue weighted by Crippen LogP contribution is 2.53. The van der Waals surface area contributed by atoms with Crippen molar-refractivity contribution in [2.45, 2.75) is 12.3 Å². The summed E-state index contributed by atoms with van der Waals surface area (Å²) in [5.74, 6) is 0.695. The number of hydrogen-bond acceptors (Lipinski definition) is 3. The second-order valence-corrected chi connectivity index (χ2v) is 17.7. The third-order valence-corrected chi connectivity index (χ3v) is 14.2. The standard InChI is InChI=1S/C60H40N2S/c1-60(47-23-9-4-10-24-47)53-29-13-11-25-49(53)50-32-31-41(37-54(50)60)45-34-44(39-17-5-2-6-18-39)35-46(36-45)56-38-55(61-59(62-56)40-19-7-3-8-20-40)43-22-15-21-42(33-43)48-27-16-28-52-51-26-12-14-30-57(51)63-58(48)52/h2-38H,1H3. The molecule has 63 heavy (non-hydrogen) atoms. The minimum Gasteiger partial charge on any atom is -0.228 e. The highest BCUT2D eigenvalue weighted by molar-refractivity contribution is 7.26. The molecular weight excluding hydrogens is 781 g/mol. The van der Waals surface area contributed by atoms with Crippen LogP contribution in [0, 0.1) is 0 Å². The molecule has 2 nitrogen and oxygen atoms in total. The summed E-state index contributed by atoms with van der Waals surface area (Å²) in [4.78, 5) is 10.6. The molecule has 0 bridgehead atoms. The van der Waals surface area contributed by atoms with E-state index in [-0.39, 0.29) is 5.41 Å². The van der Waals surface area contributed by atoms with Crippen molar-refractivity contribution in [3.63, 3.8) is 0 Å². The first kappa shape index (κ1) is 37.1. The molecule has 1 aliphatic rings. The Labute approximate surface area is 371 Å². The van der Waals surface area contributed by atoms with Crippen molar-refractivity contribution in [3.8, 4) is 78.4 Å². The fourth-order valence-corrected chi connectivity index (χ4v) is 11.0. The lowest BCUT2D eigenvalue weighted by Gasteiger charge is -2.28. The lowest BCUT2D eigenvalue weighted by molar-refractivity contribution is 0.714. The quantitative estimate of drug-likeness (QED) is 0.160. The average Bonchev–Trinajstić information content (AvgIpc) is 3.87. The van der Waals surface area contributed by atoms with Gasteiger partial charge in [0.25, 0.3) is 0 Å². The Balaban J connectivity index is 1.03. The highest BCUT2D eigenvalue weighted by Gasteiger charge is 2.40. The molecule has 0 fully saturated rings. The maximum Gasteiger partial charge on any atom is 0.160 e. The van der Waals surface area contributed by atoms with Gasteiger partial charge >= 0.3 is 0 Å². The van der Waals surface area contributed by atoms with Crippen LogP contribution >= 0.6 is 11.3 Å². The first-order valence-corrected chi connectivity index (χ1v) is 22.4. The van der Waals surface area contributed by atoms with Gasteiger partial charge in [-0.1, -0.05) is 182 Å². The summed E-state index contributed by atoms with van der Waals surface area (Å²) in [5, 5.41) is 2.59. The van der Waals surface area contributed by atoms with Crippen LogP contribution in [0.3, 0.4) is 0 Å². The molecule has 0 radical (unpaired) electrons. The van der Waals surface area contributed by atoms with Gasteiger partial charge in [0.2, 0.25) is 0 Å². The summed E-state index contributed by atoms with van der Waals surface area (Å²) < 4.78 is 2.60. The molecule has 296 valence electrons. The predicted octanol–water partition coefficient (Wildman–Crippen LogP) is 16.2. The number of benzene rings is 9. The Bertz CT molecular complexity index is 3520. The lowest BCUT2D eigenvalue weighted by atomic mass is 9.74. The Morgan fingerprint density at radius 2 is 0.905 bits per heavy atom. The van der Waals surface area contributed by atoms with E-state index in [2.05, 4.69) is 225 Å². The van der Waals surface area contributed by atoms with Crippen LogP contribution in [0.2, 0.25) is 0 Å². The van der Waals surface area contributed by atoms with Gasteiger partial charge in [-0.05, 0) is 111 Å². The number of hydrogen-bond donors (Lipinski definition) is 0. The summed E-state index contributed by atoms with van der Waals surface area (Å²) in [6.45, 7) is 2.38. The zero-order valence-electron chi connectivity index (χ0n) is 34.7. The summed E-state index contributed by atoms with van der Waals surface area (Å²) >= 11 is 1.86. The minimum absolute atomic E-state index is 0.299. The fraction of sp³-hybridized carbons (Fsp3) is 0.0333. The SMILES string of the molecule is CC1(c2ccccc2)c2ccccc2-c2ccc(-c3cc(-c4ccccc4)cc(-c4cc(-c5cccc(-c6cccc7c6sc6ccccc67)c5)nc(-c5ccccc5)n4)c3)cc21. The molecular formula is C60H40N2S. The number of nitrogens with zero attached hydrogens (tertiary/aromatic N) is 2. The van der Waals surface area contributed by atoms with Gasteiger partial charge in [-0.3, -0.25) is 0 Å². The van der Waals surface area contributed by atoms with Crippen LogP contribution in [0.4, 0.5) is 0 Å². The molecule has 2 aromatic heterocycles. The molecule has 2 heterocycles. The van der Waals surface area contributed by atoms with Crippen LogP contribution in [-0.2, 0) is 5.41 Å². The van der Waals surface area contributed by atoms with Crippen LogP contribution < -0.4 is 0 Å². The van der Waals surface area contributed by atoms with E-state index in [1.807, 2.05) is 17.4 Å². The molecule has 0 spiro atoms. The number of fused-ring (bicyclic) bond motifs is 6. The highest BCUT2D eigenvalue weighted by atomic mass is 32.1. The van der Waals surface area contributed by atoms with Gasteiger partial charge in [0.15, 0.2) is 5.82 Å². The van der Waals surface area contributed by atoms with Gasteiger partial charge in [0.1, 0.15) is 0 Å². The Morgan fingerprint density at radius 3 is 1.71 bits per heavy atom. The van der Waals surface area contributed by atoms with E-state index in [1.165, 1.54) is 64.7 Å². The molecule has 9 aromatic carbocycles. The molecule has 1 unspecified atom stereocenters. The minimum atomic E-state index is -0.299. The first-order valence-electron chi connectivity index (χ1n) is 21.6. The molecule has 0 saturated heterocycles. The maximum absolute atomic E-state index is 5.35. The summed E-state index contributed by atoms with van der Waals surface area (Å²) in [6, 6.07) is 81.3. The van der Waals surface area contributed by atoms with E-state index < -0.39 is 0 Å². The van der Waals surface area contributed by atoms with Crippen molar-refractivity contribution in [2.75, 3.05) is 0 Å². The second-order valence-electron chi connectivity index (χ2n) is 16.7. The summed E-state index contributed by atoms with van der Waals surface area (Å²) in [7, 11) is 0. The molecule has 3 heteroatoms. The van der Waals surface area contributed by atoms with Crippen LogP contribution in [0.25, 0.3) is 98.6 Å². The predicted molar refractivity (Wildman–Crippen MR) is 265 cm³/mol. The van der Waals surface area contributed by atoms with Crippen molar-refractivity contribution >= 4 is 31.5 Å². The van der Waals surface area contributed by atoms with Gasteiger partial charge in [-0.25, -0.2) is 9.97 Å². The third-order valence-electron chi connectivity index (χ3n) is 13.0. The van der Waals surface area contributed by atoms with Gasteiger partial charge in [-0.15, -0.1) is 11.3 Å². The lowest BCUT2D eigenvalue weighted by Crippen LogP contribution is -2.22. The number of aromatic nitrogens is 2. The maximum atomic E-state index is 5.35. The van der Waals surface area contributed by atoms with Crippen LogP contribution in [-0.4, -0.2) is 9.97 Å². The topological polar surface area (TPSA) is 25.8 Å². The summed E-state index contributed by atoms with van der Waals surface area (Å²) in [6.07, 6.45) is 0. The Morgan fingerprint density at radius 1 is 0.349 bits per heavy atom. The van der Waals surface area contributed by atoms with E-state index in [0.717, 1.165) is 44.8 Å². The average molecular weight is 821 g/mol.